The molecule has 146 valence electrons. The van der Waals surface area contributed by atoms with Crippen LogP contribution in [0.25, 0.3) is 10.9 Å². The lowest BCUT2D eigenvalue weighted by molar-refractivity contribution is 0.0695. The molecule has 0 saturated carbocycles. The van der Waals surface area contributed by atoms with Gasteiger partial charge >= 0.3 is 5.97 Å². The number of halogens is 2. The molecule has 2 heterocycles. The summed E-state index contributed by atoms with van der Waals surface area (Å²) in [6, 6.07) is 0. The van der Waals surface area contributed by atoms with Crippen molar-refractivity contribution in [2.75, 3.05) is 37.3 Å². The maximum atomic E-state index is 15.2. The van der Waals surface area contributed by atoms with E-state index >= 15 is 4.39 Å². The standard InChI is InChI=1S/C16H20F2N6O3/c1-2-22-7-8(16(26)27)15(25)9-12(19)10(17)13(11(18)14(9)22)21-24-5-3-23(20)4-6-24/h7,21H,2-6,19-20H2,1H3,(H,26,27). The second kappa shape index (κ2) is 7.10. The Hall–Kier alpha value is -2.76. The summed E-state index contributed by atoms with van der Waals surface area (Å²) in [5.41, 5.74) is 5.48. The average molecular weight is 382 g/mol. The molecule has 0 aliphatic carbocycles. The quantitative estimate of drug-likeness (QED) is 0.442. The Morgan fingerprint density at radius 2 is 1.89 bits per heavy atom. The van der Waals surface area contributed by atoms with Crippen molar-refractivity contribution in [3.05, 3.63) is 33.6 Å². The van der Waals surface area contributed by atoms with E-state index in [1.165, 1.54) is 4.57 Å². The van der Waals surface area contributed by atoms with Gasteiger partial charge in [-0.25, -0.2) is 23.6 Å². The van der Waals surface area contributed by atoms with E-state index in [2.05, 4.69) is 5.43 Å². The Bertz CT molecular complexity index is 969. The minimum absolute atomic E-state index is 0.157. The van der Waals surface area contributed by atoms with Crippen LogP contribution in [0.4, 0.5) is 20.2 Å². The molecular formula is C16H20F2N6O3. The molecule has 1 aliphatic heterocycles. The molecule has 1 aromatic heterocycles. The SMILES string of the molecule is CCn1cc(C(=O)O)c(=O)c2c(N)c(F)c(NN3CCN(N)CC3)c(F)c21. The maximum absolute atomic E-state index is 15.2. The van der Waals surface area contributed by atoms with Gasteiger partial charge in [0.05, 0.1) is 16.6 Å². The Labute approximate surface area is 152 Å². The summed E-state index contributed by atoms with van der Waals surface area (Å²) in [4.78, 5) is 23.7. The van der Waals surface area contributed by atoms with Crippen LogP contribution in [0.5, 0.6) is 0 Å². The first-order valence-electron chi connectivity index (χ1n) is 8.34. The number of hydrazine groups is 2. The topological polar surface area (TPSA) is 130 Å². The van der Waals surface area contributed by atoms with E-state index in [9.17, 15) is 19.1 Å². The summed E-state index contributed by atoms with van der Waals surface area (Å²) in [5, 5.41) is 11.9. The number of carbonyl (C=O) groups is 1. The lowest BCUT2D eigenvalue weighted by Crippen LogP contribution is -2.51. The molecule has 27 heavy (non-hydrogen) atoms. The predicted molar refractivity (Wildman–Crippen MR) is 96.1 cm³/mol. The summed E-state index contributed by atoms with van der Waals surface area (Å²) >= 11 is 0. The predicted octanol–water partition coefficient (Wildman–Crippen LogP) is 0.398. The van der Waals surface area contributed by atoms with Crippen molar-refractivity contribution < 1.29 is 18.7 Å². The number of carboxylic acid groups (broad SMARTS) is 1. The van der Waals surface area contributed by atoms with Crippen LogP contribution in [0.3, 0.4) is 0 Å². The second-order valence-electron chi connectivity index (χ2n) is 6.24. The minimum Gasteiger partial charge on any atom is -0.477 e. The Kier molecular flexibility index (Phi) is 5.00. The fraction of sp³-hybridized carbons (Fsp3) is 0.375. The minimum atomic E-state index is -1.49. The van der Waals surface area contributed by atoms with Gasteiger partial charge in [0.15, 0.2) is 11.6 Å². The largest absolute Gasteiger partial charge is 0.477 e. The molecular weight excluding hydrogens is 362 g/mol. The molecule has 0 unspecified atom stereocenters. The molecule has 1 aliphatic rings. The number of hydrogen-bond donors (Lipinski definition) is 4. The van der Waals surface area contributed by atoms with Crippen LogP contribution in [0, 0.1) is 11.6 Å². The van der Waals surface area contributed by atoms with Crippen molar-refractivity contribution in [1.82, 2.24) is 14.6 Å². The molecule has 3 rings (SSSR count). The first-order valence-corrected chi connectivity index (χ1v) is 8.34. The van der Waals surface area contributed by atoms with E-state index in [1.807, 2.05) is 0 Å². The van der Waals surface area contributed by atoms with Gasteiger partial charge in [-0.2, -0.15) is 0 Å². The molecule has 0 amide bonds. The van der Waals surface area contributed by atoms with Crippen molar-refractivity contribution in [2.24, 2.45) is 5.84 Å². The third-order valence-corrected chi connectivity index (χ3v) is 4.59. The van der Waals surface area contributed by atoms with Crippen LogP contribution in [-0.4, -0.2) is 51.8 Å². The first kappa shape index (κ1) is 19.0. The zero-order valence-corrected chi connectivity index (χ0v) is 14.6. The van der Waals surface area contributed by atoms with Crippen LogP contribution in [-0.2, 0) is 6.54 Å². The van der Waals surface area contributed by atoms with Crippen LogP contribution in [0.15, 0.2) is 11.0 Å². The van der Waals surface area contributed by atoms with Crippen LogP contribution in [0.1, 0.15) is 17.3 Å². The number of pyridine rings is 1. The number of piperazine rings is 1. The van der Waals surface area contributed by atoms with Gasteiger partial charge in [-0.3, -0.25) is 10.6 Å². The molecule has 9 nitrogen and oxygen atoms in total. The van der Waals surface area contributed by atoms with E-state index < -0.39 is 45.4 Å². The highest BCUT2D eigenvalue weighted by Gasteiger charge is 2.27. The van der Waals surface area contributed by atoms with Gasteiger partial charge in [0, 0.05) is 38.9 Å². The van der Waals surface area contributed by atoms with Crippen molar-refractivity contribution in [1.29, 1.82) is 0 Å². The molecule has 1 aromatic carbocycles. The van der Waals surface area contributed by atoms with Gasteiger partial charge in [0.25, 0.3) is 0 Å². The first-order chi connectivity index (χ1) is 12.8. The number of nitrogens with two attached hydrogens (primary N) is 2. The number of aromatic carboxylic acids is 1. The maximum Gasteiger partial charge on any atom is 0.341 e. The van der Waals surface area contributed by atoms with E-state index in [4.69, 9.17) is 11.6 Å². The van der Waals surface area contributed by atoms with Gasteiger partial charge in [-0.1, -0.05) is 0 Å². The lowest BCUT2D eigenvalue weighted by Gasteiger charge is -2.33. The molecule has 1 fully saturated rings. The number of anilines is 2. The summed E-state index contributed by atoms with van der Waals surface area (Å²) < 4.78 is 31.2. The number of carboxylic acids is 1. The summed E-state index contributed by atoms with van der Waals surface area (Å²) in [5.74, 6) is 2.02. The summed E-state index contributed by atoms with van der Waals surface area (Å²) in [6.07, 6.45) is 1.03. The second-order valence-corrected chi connectivity index (χ2v) is 6.24. The third-order valence-electron chi connectivity index (χ3n) is 4.59. The van der Waals surface area contributed by atoms with Gasteiger partial charge < -0.3 is 20.8 Å². The lowest BCUT2D eigenvalue weighted by atomic mass is 10.1. The van der Waals surface area contributed by atoms with Gasteiger partial charge in [-0.15, -0.1) is 0 Å². The molecule has 1 saturated heterocycles. The number of aromatic nitrogens is 1. The molecule has 0 bridgehead atoms. The Balaban J connectivity index is 2.22. The molecule has 0 atom stereocenters. The van der Waals surface area contributed by atoms with E-state index in [0.717, 1.165) is 6.20 Å². The Morgan fingerprint density at radius 3 is 2.44 bits per heavy atom. The highest BCUT2D eigenvalue weighted by atomic mass is 19.1. The molecule has 6 N–H and O–H groups in total. The highest BCUT2D eigenvalue weighted by Crippen LogP contribution is 2.33. The highest BCUT2D eigenvalue weighted by molar-refractivity contribution is 5.99. The van der Waals surface area contributed by atoms with Gasteiger partial charge in [-0.05, 0) is 6.92 Å². The monoisotopic (exact) mass is 382 g/mol. The van der Waals surface area contributed by atoms with Crippen LogP contribution in [0.2, 0.25) is 0 Å². The number of fused-ring (bicyclic) bond motifs is 1. The fourth-order valence-corrected chi connectivity index (χ4v) is 3.10. The normalized spacial score (nSPS) is 16.0. The van der Waals surface area contributed by atoms with Crippen molar-refractivity contribution in [3.8, 4) is 0 Å². The zero-order valence-electron chi connectivity index (χ0n) is 14.6. The van der Waals surface area contributed by atoms with E-state index in [0.29, 0.717) is 26.2 Å². The number of aryl methyl sites for hydroxylation is 1. The van der Waals surface area contributed by atoms with Crippen molar-refractivity contribution in [2.45, 2.75) is 13.5 Å². The number of benzene rings is 1. The van der Waals surface area contributed by atoms with E-state index in [1.54, 1.807) is 16.9 Å². The van der Waals surface area contributed by atoms with Crippen LogP contribution < -0.4 is 22.4 Å². The fourth-order valence-electron chi connectivity index (χ4n) is 3.10. The smallest absolute Gasteiger partial charge is 0.341 e. The number of nitrogens with zero attached hydrogens (tertiary/aromatic N) is 3. The summed E-state index contributed by atoms with van der Waals surface area (Å²) in [7, 11) is 0. The van der Waals surface area contributed by atoms with Crippen molar-refractivity contribution >= 4 is 28.2 Å². The molecule has 11 heteroatoms. The van der Waals surface area contributed by atoms with Gasteiger partial charge in [0.1, 0.15) is 11.3 Å². The summed E-state index contributed by atoms with van der Waals surface area (Å²) in [6.45, 7) is 3.64. The Morgan fingerprint density at radius 1 is 1.26 bits per heavy atom. The molecule has 0 radical (unpaired) electrons. The number of hydrogen-bond acceptors (Lipinski definition) is 7. The number of nitrogens with one attached hydrogen (secondary N) is 1. The van der Waals surface area contributed by atoms with Crippen LogP contribution >= 0.6 is 0 Å². The molecule has 2 aromatic rings. The van der Waals surface area contributed by atoms with Crippen molar-refractivity contribution in [3.63, 3.8) is 0 Å². The van der Waals surface area contributed by atoms with E-state index in [-0.39, 0.29) is 12.1 Å². The molecule has 0 spiro atoms. The average Bonchev–Trinajstić information content (AvgIpc) is 2.64. The zero-order chi connectivity index (χ0) is 19.9. The number of nitrogen functional groups attached to an aromatic ring is 1. The van der Waals surface area contributed by atoms with Gasteiger partial charge in [0.2, 0.25) is 5.43 Å². The third kappa shape index (κ3) is 3.20. The number of rotatable bonds is 4.